The molecule has 1 atom stereocenters. The van der Waals surface area contributed by atoms with Gasteiger partial charge in [-0.25, -0.2) is 0 Å². The van der Waals surface area contributed by atoms with Gasteiger partial charge in [-0.05, 0) is 51.9 Å². The summed E-state index contributed by atoms with van der Waals surface area (Å²) in [5, 5.41) is 9.17. The second-order valence-corrected chi connectivity index (χ2v) is 5.09. The number of piperidine rings is 1. The fraction of sp³-hybridized carbons (Fsp3) is 0.615. The number of rotatable bonds is 3. The molecule has 4 heteroatoms. The average molecular weight is 237 g/mol. The van der Waals surface area contributed by atoms with Crippen LogP contribution in [-0.4, -0.2) is 29.1 Å². The lowest BCUT2D eigenvalue weighted by atomic mass is 9.80. The van der Waals surface area contributed by atoms with Crippen LogP contribution in [0.25, 0.3) is 0 Å². The first-order chi connectivity index (χ1) is 8.03. The van der Waals surface area contributed by atoms with Crippen molar-refractivity contribution in [2.45, 2.75) is 32.7 Å². The van der Waals surface area contributed by atoms with Crippen LogP contribution < -0.4 is 0 Å². The Balaban J connectivity index is 1.98. The van der Waals surface area contributed by atoms with E-state index in [1.165, 1.54) is 0 Å². The van der Waals surface area contributed by atoms with E-state index in [-0.39, 0.29) is 6.04 Å². The predicted molar refractivity (Wildman–Crippen MR) is 63.7 cm³/mol. The first-order valence-electron chi connectivity index (χ1n) is 6.04. The van der Waals surface area contributed by atoms with Crippen molar-refractivity contribution in [1.29, 1.82) is 0 Å². The van der Waals surface area contributed by atoms with Gasteiger partial charge < -0.3 is 9.52 Å². The molecule has 1 fully saturated rings. The molecule has 1 saturated heterocycles. The van der Waals surface area contributed by atoms with Crippen LogP contribution in [0.15, 0.2) is 22.8 Å². The van der Waals surface area contributed by atoms with Crippen molar-refractivity contribution in [3.63, 3.8) is 0 Å². The maximum atomic E-state index is 11.1. The van der Waals surface area contributed by atoms with E-state index >= 15 is 0 Å². The van der Waals surface area contributed by atoms with Crippen LogP contribution in [0, 0.1) is 5.41 Å². The summed E-state index contributed by atoms with van der Waals surface area (Å²) in [4.78, 5) is 13.4. The van der Waals surface area contributed by atoms with Crippen LogP contribution in [0.5, 0.6) is 0 Å². The monoisotopic (exact) mass is 237 g/mol. The molecule has 94 valence electrons. The fourth-order valence-corrected chi connectivity index (χ4v) is 2.33. The quantitative estimate of drug-likeness (QED) is 0.877. The highest BCUT2D eigenvalue weighted by Gasteiger charge is 2.38. The van der Waals surface area contributed by atoms with E-state index in [1.54, 1.807) is 6.26 Å². The van der Waals surface area contributed by atoms with E-state index < -0.39 is 11.4 Å². The van der Waals surface area contributed by atoms with Gasteiger partial charge in [0, 0.05) is 0 Å². The smallest absolute Gasteiger partial charge is 0.309 e. The molecule has 4 nitrogen and oxygen atoms in total. The molecule has 1 aromatic rings. The maximum absolute atomic E-state index is 11.1. The zero-order chi connectivity index (χ0) is 12.5. The van der Waals surface area contributed by atoms with Crippen molar-refractivity contribution in [1.82, 2.24) is 4.90 Å². The van der Waals surface area contributed by atoms with Crippen molar-refractivity contribution in [2.24, 2.45) is 5.41 Å². The molecule has 0 amide bonds. The number of hydrogen-bond acceptors (Lipinski definition) is 3. The molecule has 1 aliphatic rings. The van der Waals surface area contributed by atoms with Crippen LogP contribution in [0.2, 0.25) is 0 Å². The zero-order valence-electron chi connectivity index (χ0n) is 10.3. The molecule has 17 heavy (non-hydrogen) atoms. The summed E-state index contributed by atoms with van der Waals surface area (Å²) < 4.78 is 5.39. The van der Waals surface area contributed by atoms with Gasteiger partial charge in [0.05, 0.1) is 17.7 Å². The molecule has 2 rings (SSSR count). The number of carboxylic acid groups (broad SMARTS) is 1. The number of furan rings is 1. The average Bonchev–Trinajstić information content (AvgIpc) is 2.82. The third-order valence-corrected chi connectivity index (χ3v) is 3.92. The van der Waals surface area contributed by atoms with E-state index in [4.69, 9.17) is 9.52 Å². The van der Waals surface area contributed by atoms with Gasteiger partial charge in [-0.1, -0.05) is 0 Å². The summed E-state index contributed by atoms with van der Waals surface area (Å²) in [6, 6.07) is 4.08. The zero-order valence-corrected chi connectivity index (χ0v) is 10.3. The van der Waals surface area contributed by atoms with Crippen LogP contribution in [-0.2, 0) is 4.79 Å². The Morgan fingerprint density at radius 3 is 2.65 bits per heavy atom. The molecule has 0 aromatic carbocycles. The molecule has 0 spiro atoms. The highest BCUT2D eigenvalue weighted by atomic mass is 16.4. The normalized spacial score (nSPS) is 22.2. The maximum Gasteiger partial charge on any atom is 0.309 e. The number of hydrogen-bond donors (Lipinski definition) is 1. The van der Waals surface area contributed by atoms with Crippen molar-refractivity contribution < 1.29 is 14.3 Å². The largest absolute Gasteiger partial charge is 0.481 e. The Bertz CT molecular complexity index is 377. The van der Waals surface area contributed by atoms with Crippen molar-refractivity contribution in [3.05, 3.63) is 24.2 Å². The summed E-state index contributed by atoms with van der Waals surface area (Å²) in [7, 11) is 0. The Morgan fingerprint density at radius 2 is 2.18 bits per heavy atom. The molecule has 1 unspecified atom stereocenters. The molecule has 2 heterocycles. The minimum Gasteiger partial charge on any atom is -0.481 e. The van der Waals surface area contributed by atoms with Gasteiger partial charge in [0.15, 0.2) is 0 Å². The van der Waals surface area contributed by atoms with Crippen molar-refractivity contribution in [3.8, 4) is 0 Å². The third-order valence-electron chi connectivity index (χ3n) is 3.92. The van der Waals surface area contributed by atoms with Gasteiger partial charge in [-0.15, -0.1) is 0 Å². The van der Waals surface area contributed by atoms with Gasteiger partial charge in [0.1, 0.15) is 5.76 Å². The third kappa shape index (κ3) is 2.36. The van der Waals surface area contributed by atoms with Crippen LogP contribution in [0.1, 0.15) is 38.5 Å². The number of aliphatic carboxylic acids is 1. The van der Waals surface area contributed by atoms with E-state index in [1.807, 2.05) is 19.1 Å². The highest BCUT2D eigenvalue weighted by Crippen LogP contribution is 2.34. The summed E-state index contributed by atoms with van der Waals surface area (Å²) in [6.07, 6.45) is 3.08. The van der Waals surface area contributed by atoms with E-state index in [0.717, 1.165) is 18.8 Å². The molecule has 1 aliphatic heterocycles. The van der Waals surface area contributed by atoms with Crippen molar-refractivity contribution in [2.75, 3.05) is 13.1 Å². The topological polar surface area (TPSA) is 53.7 Å². The Hall–Kier alpha value is -1.29. The number of likely N-dealkylation sites (tertiary alicyclic amines) is 1. The molecule has 1 N–H and O–H groups in total. The summed E-state index contributed by atoms with van der Waals surface area (Å²) in [5.74, 6) is 0.270. The fourth-order valence-electron chi connectivity index (χ4n) is 2.33. The van der Waals surface area contributed by atoms with Crippen LogP contribution in [0.4, 0.5) is 0 Å². The first-order valence-corrected chi connectivity index (χ1v) is 6.04. The van der Waals surface area contributed by atoms with Crippen LogP contribution in [0.3, 0.4) is 0 Å². The first kappa shape index (κ1) is 12.2. The van der Waals surface area contributed by atoms with Crippen molar-refractivity contribution >= 4 is 5.97 Å². The Labute approximate surface area is 101 Å². The van der Waals surface area contributed by atoms with Gasteiger partial charge in [0.2, 0.25) is 0 Å². The van der Waals surface area contributed by atoms with Gasteiger partial charge in [-0.2, -0.15) is 0 Å². The van der Waals surface area contributed by atoms with E-state index in [2.05, 4.69) is 11.8 Å². The second kappa shape index (κ2) is 4.53. The summed E-state index contributed by atoms with van der Waals surface area (Å²) in [5.41, 5.74) is -0.556. The van der Waals surface area contributed by atoms with Gasteiger partial charge >= 0.3 is 5.97 Å². The SMILES string of the molecule is CC(c1ccco1)N1CCC(C)(C(=O)O)CC1. The highest BCUT2D eigenvalue weighted by molar-refractivity contribution is 5.74. The minimum absolute atomic E-state index is 0.225. The molecule has 1 aromatic heterocycles. The minimum atomic E-state index is -0.678. The molecule has 0 saturated carbocycles. The lowest BCUT2D eigenvalue weighted by Gasteiger charge is -2.38. The lowest BCUT2D eigenvalue weighted by Crippen LogP contribution is -2.43. The Morgan fingerprint density at radius 1 is 1.53 bits per heavy atom. The summed E-state index contributed by atoms with van der Waals surface area (Å²) >= 11 is 0. The number of nitrogens with zero attached hydrogens (tertiary/aromatic N) is 1. The Kier molecular flexibility index (Phi) is 3.24. The lowest BCUT2D eigenvalue weighted by molar-refractivity contribution is -0.151. The number of carbonyl (C=O) groups is 1. The van der Waals surface area contributed by atoms with Gasteiger partial charge in [0.25, 0.3) is 0 Å². The van der Waals surface area contributed by atoms with E-state index in [9.17, 15) is 4.79 Å². The van der Waals surface area contributed by atoms with Gasteiger partial charge in [-0.3, -0.25) is 9.69 Å². The molecule has 0 radical (unpaired) electrons. The molecule has 0 aliphatic carbocycles. The van der Waals surface area contributed by atoms with Crippen LogP contribution >= 0.6 is 0 Å². The number of carboxylic acids is 1. The molecule has 0 bridgehead atoms. The predicted octanol–water partition coefficient (Wildman–Crippen LogP) is 2.53. The van der Waals surface area contributed by atoms with E-state index in [0.29, 0.717) is 12.8 Å². The summed E-state index contributed by atoms with van der Waals surface area (Å²) in [6.45, 7) is 5.56. The second-order valence-electron chi connectivity index (χ2n) is 5.09. The molecular formula is C13H19NO3. The molecular weight excluding hydrogens is 218 g/mol. The standard InChI is InChI=1S/C13H19NO3/c1-10(11-4-3-9-17-11)14-7-5-13(2,6-8-14)12(15)16/h3-4,9-10H,5-8H2,1-2H3,(H,15,16).